The minimum absolute atomic E-state index is 0.0341. The minimum Gasteiger partial charge on any atom is -0.467 e. The summed E-state index contributed by atoms with van der Waals surface area (Å²) in [5, 5.41) is 14.3. The normalized spacial score (nSPS) is 17.5. The van der Waals surface area contributed by atoms with E-state index in [1.165, 1.54) is 6.07 Å². The lowest BCUT2D eigenvalue weighted by Gasteiger charge is -2.33. The van der Waals surface area contributed by atoms with E-state index in [0.29, 0.717) is 12.8 Å². The van der Waals surface area contributed by atoms with Crippen LogP contribution in [0.2, 0.25) is 0 Å². The Labute approximate surface area is 112 Å². The van der Waals surface area contributed by atoms with Gasteiger partial charge in [0.05, 0.1) is 4.92 Å². The first kappa shape index (κ1) is 13.4. The van der Waals surface area contributed by atoms with Crippen molar-refractivity contribution in [2.45, 2.75) is 25.4 Å². The third-order valence-corrected chi connectivity index (χ3v) is 3.29. The highest BCUT2D eigenvalue weighted by molar-refractivity contribution is 5.49. The molecule has 19 heavy (non-hydrogen) atoms. The van der Waals surface area contributed by atoms with Gasteiger partial charge < -0.3 is 10.1 Å². The van der Waals surface area contributed by atoms with Crippen LogP contribution in [0.1, 0.15) is 18.4 Å². The molecule has 0 amide bonds. The van der Waals surface area contributed by atoms with E-state index >= 15 is 0 Å². The van der Waals surface area contributed by atoms with Gasteiger partial charge in [-0.05, 0) is 31.6 Å². The van der Waals surface area contributed by atoms with Crippen molar-refractivity contribution in [2.75, 3.05) is 13.1 Å². The maximum absolute atomic E-state index is 11.1. The van der Waals surface area contributed by atoms with E-state index in [2.05, 4.69) is 11.2 Å². The Morgan fingerprint density at radius 2 is 2.16 bits per heavy atom. The van der Waals surface area contributed by atoms with Crippen LogP contribution < -0.4 is 10.1 Å². The molecule has 1 aromatic rings. The lowest BCUT2D eigenvalue weighted by atomic mass is 9.93. The minimum atomic E-state index is -0.745. The van der Waals surface area contributed by atoms with Crippen molar-refractivity contribution in [3.05, 3.63) is 33.9 Å². The van der Waals surface area contributed by atoms with Gasteiger partial charge in [-0.25, -0.2) is 0 Å². The van der Waals surface area contributed by atoms with Gasteiger partial charge in [0.1, 0.15) is 0 Å². The molecule has 1 saturated heterocycles. The van der Waals surface area contributed by atoms with Crippen LogP contribution in [0.5, 0.6) is 5.75 Å². The first-order valence-electron chi connectivity index (χ1n) is 6.19. The van der Waals surface area contributed by atoms with Gasteiger partial charge in [-0.1, -0.05) is 12.0 Å². The molecule has 0 aliphatic carbocycles. The number of nitrogens with zero attached hydrogens (tertiary/aromatic N) is 1. The molecule has 0 saturated carbocycles. The summed E-state index contributed by atoms with van der Waals surface area (Å²) >= 11 is 0. The summed E-state index contributed by atoms with van der Waals surface area (Å²) in [5.74, 6) is 2.91. The number of rotatable bonds is 3. The zero-order valence-corrected chi connectivity index (χ0v) is 10.8. The molecule has 2 rings (SSSR count). The molecule has 0 atom stereocenters. The molecular weight excluding hydrogens is 244 g/mol. The van der Waals surface area contributed by atoms with Gasteiger partial charge in [0, 0.05) is 18.9 Å². The molecule has 1 N–H and O–H groups in total. The van der Waals surface area contributed by atoms with E-state index in [0.717, 1.165) is 18.7 Å². The van der Waals surface area contributed by atoms with Crippen LogP contribution in [0, 0.1) is 29.4 Å². The SMILES string of the molecule is C#CC1(Oc2ccc(C)cc2[N+](=O)[O-])CCNCC1. The van der Waals surface area contributed by atoms with E-state index in [1.807, 2.05) is 0 Å². The summed E-state index contributed by atoms with van der Waals surface area (Å²) in [4.78, 5) is 10.6. The first-order valence-corrected chi connectivity index (χ1v) is 6.19. The van der Waals surface area contributed by atoms with Gasteiger partial charge in [-0.2, -0.15) is 0 Å². The Balaban J connectivity index is 2.32. The zero-order valence-electron chi connectivity index (χ0n) is 10.8. The summed E-state index contributed by atoms with van der Waals surface area (Å²) in [6.07, 6.45) is 6.86. The summed E-state index contributed by atoms with van der Waals surface area (Å²) < 4.78 is 5.82. The number of ether oxygens (including phenoxy) is 1. The van der Waals surface area contributed by atoms with Crippen LogP contribution in [0.3, 0.4) is 0 Å². The number of nitrogens with one attached hydrogen (secondary N) is 1. The predicted octanol–water partition coefficient (Wildman–Crippen LogP) is 2.04. The fraction of sp³-hybridized carbons (Fsp3) is 0.429. The summed E-state index contributed by atoms with van der Waals surface area (Å²) in [6.45, 7) is 3.31. The van der Waals surface area contributed by atoms with E-state index in [4.69, 9.17) is 11.2 Å². The van der Waals surface area contributed by atoms with Crippen molar-refractivity contribution >= 4 is 5.69 Å². The Morgan fingerprint density at radius 3 is 2.74 bits per heavy atom. The van der Waals surface area contributed by atoms with Crippen molar-refractivity contribution in [1.29, 1.82) is 0 Å². The molecule has 100 valence electrons. The summed E-state index contributed by atoms with van der Waals surface area (Å²) in [7, 11) is 0. The van der Waals surface area contributed by atoms with Gasteiger partial charge >= 0.3 is 5.69 Å². The first-order chi connectivity index (χ1) is 9.06. The molecule has 1 aliphatic heterocycles. The third-order valence-electron chi connectivity index (χ3n) is 3.29. The molecule has 1 heterocycles. The molecule has 5 nitrogen and oxygen atoms in total. The maximum atomic E-state index is 11.1. The Hall–Kier alpha value is -2.06. The van der Waals surface area contributed by atoms with Crippen molar-refractivity contribution in [2.24, 2.45) is 0 Å². The zero-order chi connectivity index (χ0) is 13.9. The van der Waals surface area contributed by atoms with Crippen LogP contribution in [0.4, 0.5) is 5.69 Å². The third kappa shape index (κ3) is 2.85. The van der Waals surface area contributed by atoms with Crippen molar-refractivity contribution < 1.29 is 9.66 Å². The van der Waals surface area contributed by atoms with Crippen molar-refractivity contribution in [1.82, 2.24) is 5.32 Å². The van der Waals surface area contributed by atoms with E-state index < -0.39 is 10.5 Å². The number of nitro groups is 1. The predicted molar refractivity (Wildman–Crippen MR) is 72.1 cm³/mol. The van der Waals surface area contributed by atoms with Gasteiger partial charge in [0.2, 0.25) is 0 Å². The molecule has 0 radical (unpaired) electrons. The molecule has 0 unspecified atom stereocenters. The second-order valence-electron chi connectivity index (χ2n) is 4.72. The Morgan fingerprint density at radius 1 is 1.47 bits per heavy atom. The topological polar surface area (TPSA) is 64.4 Å². The van der Waals surface area contributed by atoms with Crippen LogP contribution in [-0.4, -0.2) is 23.6 Å². The smallest absolute Gasteiger partial charge is 0.311 e. The lowest BCUT2D eigenvalue weighted by Crippen LogP contribution is -2.45. The molecule has 0 aromatic heterocycles. The standard InChI is InChI=1S/C14H16N2O3/c1-3-14(6-8-15-9-7-14)19-13-5-4-11(2)10-12(13)16(17)18/h1,4-5,10,15H,6-9H2,2H3. The van der Waals surface area contributed by atoms with Crippen LogP contribution >= 0.6 is 0 Å². The van der Waals surface area contributed by atoms with Crippen LogP contribution in [-0.2, 0) is 0 Å². The second kappa shape index (κ2) is 5.29. The van der Waals surface area contributed by atoms with Crippen LogP contribution in [0.15, 0.2) is 18.2 Å². The summed E-state index contributed by atoms with van der Waals surface area (Å²) in [6, 6.07) is 4.91. The van der Waals surface area contributed by atoms with Gasteiger partial charge in [0.25, 0.3) is 0 Å². The van der Waals surface area contributed by atoms with Gasteiger partial charge in [-0.3, -0.25) is 10.1 Å². The maximum Gasteiger partial charge on any atom is 0.311 e. The highest BCUT2D eigenvalue weighted by Gasteiger charge is 2.34. The highest BCUT2D eigenvalue weighted by Crippen LogP contribution is 2.33. The Bertz CT molecular complexity index is 528. The van der Waals surface area contributed by atoms with E-state index in [9.17, 15) is 10.1 Å². The lowest BCUT2D eigenvalue weighted by molar-refractivity contribution is -0.386. The van der Waals surface area contributed by atoms with E-state index in [-0.39, 0.29) is 11.4 Å². The fourth-order valence-electron chi connectivity index (χ4n) is 2.17. The monoisotopic (exact) mass is 260 g/mol. The molecule has 5 heteroatoms. The number of aryl methyl sites for hydroxylation is 1. The highest BCUT2D eigenvalue weighted by atomic mass is 16.6. The molecule has 0 bridgehead atoms. The van der Waals surface area contributed by atoms with Crippen LogP contribution in [0.25, 0.3) is 0 Å². The largest absolute Gasteiger partial charge is 0.467 e. The average molecular weight is 260 g/mol. The fourth-order valence-corrected chi connectivity index (χ4v) is 2.17. The molecule has 1 fully saturated rings. The number of piperidine rings is 1. The van der Waals surface area contributed by atoms with Gasteiger partial charge in [0.15, 0.2) is 11.4 Å². The van der Waals surface area contributed by atoms with Crippen molar-refractivity contribution in [3.63, 3.8) is 0 Å². The number of nitro benzene ring substituents is 1. The average Bonchev–Trinajstić information content (AvgIpc) is 2.42. The molecule has 1 aliphatic rings. The van der Waals surface area contributed by atoms with E-state index in [1.54, 1.807) is 19.1 Å². The molecular formula is C14H16N2O3. The number of benzene rings is 1. The quantitative estimate of drug-likeness (QED) is 0.513. The molecule has 0 spiro atoms. The number of terminal acetylenes is 1. The Kier molecular flexibility index (Phi) is 3.72. The van der Waals surface area contributed by atoms with Crippen molar-refractivity contribution in [3.8, 4) is 18.1 Å². The number of hydrogen-bond acceptors (Lipinski definition) is 4. The second-order valence-corrected chi connectivity index (χ2v) is 4.72. The molecule has 1 aromatic carbocycles. The number of hydrogen-bond donors (Lipinski definition) is 1. The van der Waals surface area contributed by atoms with Gasteiger partial charge in [-0.15, -0.1) is 6.42 Å². The summed E-state index contributed by atoms with van der Waals surface area (Å²) in [5.41, 5.74) is 0.0397.